The van der Waals surface area contributed by atoms with Crippen LogP contribution in [0.5, 0.6) is 0 Å². The molecule has 1 aliphatic heterocycles. The van der Waals surface area contributed by atoms with Crippen LogP contribution in [0.15, 0.2) is 24.1 Å². The molecule has 3 rings (SSSR count). The highest BCUT2D eigenvalue weighted by molar-refractivity contribution is 7.09. The van der Waals surface area contributed by atoms with E-state index in [0.717, 1.165) is 32.0 Å². The van der Waals surface area contributed by atoms with Crippen molar-refractivity contribution in [2.75, 3.05) is 19.6 Å². The molecule has 1 fully saturated rings. The smallest absolute Gasteiger partial charge is 0.127 e. The molecule has 2 aromatic heterocycles. The van der Waals surface area contributed by atoms with Crippen LogP contribution >= 0.6 is 11.3 Å². The van der Waals surface area contributed by atoms with Crippen molar-refractivity contribution in [2.45, 2.75) is 12.6 Å². The van der Waals surface area contributed by atoms with Crippen molar-refractivity contribution in [2.24, 2.45) is 7.05 Å². The summed E-state index contributed by atoms with van der Waals surface area (Å²) in [5, 5.41) is 3.45. The molecule has 1 atom stereocenters. The Labute approximate surface area is 110 Å². The molecule has 0 amide bonds. The van der Waals surface area contributed by atoms with Gasteiger partial charge in [-0.3, -0.25) is 9.88 Å². The Hall–Kier alpha value is -1.24. The zero-order chi connectivity index (χ0) is 12.4. The second kappa shape index (κ2) is 5.17. The highest BCUT2D eigenvalue weighted by Crippen LogP contribution is 2.23. The van der Waals surface area contributed by atoms with Crippen LogP contribution in [-0.4, -0.2) is 39.1 Å². The minimum Gasteiger partial charge on any atom is -0.337 e. The molecule has 0 aromatic carbocycles. The van der Waals surface area contributed by atoms with E-state index in [1.165, 1.54) is 4.88 Å². The van der Waals surface area contributed by atoms with Gasteiger partial charge in [-0.05, 0) is 0 Å². The van der Waals surface area contributed by atoms with E-state index in [9.17, 15) is 0 Å². The molecule has 0 bridgehead atoms. The van der Waals surface area contributed by atoms with E-state index >= 15 is 0 Å². The predicted molar refractivity (Wildman–Crippen MR) is 71.3 cm³/mol. The zero-order valence-corrected chi connectivity index (χ0v) is 11.2. The number of aryl methyl sites for hydroxylation is 1. The van der Waals surface area contributed by atoms with Crippen LogP contribution in [0.25, 0.3) is 0 Å². The van der Waals surface area contributed by atoms with Gasteiger partial charge in [0.15, 0.2) is 0 Å². The average molecular weight is 263 g/mol. The monoisotopic (exact) mass is 263 g/mol. The number of rotatable bonds is 3. The first-order chi connectivity index (χ1) is 8.84. The minimum atomic E-state index is 0.348. The number of aromatic nitrogens is 3. The maximum atomic E-state index is 4.49. The first kappa shape index (κ1) is 11.8. The fraction of sp³-hybridized carbons (Fsp3) is 0.500. The molecule has 0 saturated carbocycles. The van der Waals surface area contributed by atoms with Crippen LogP contribution in [-0.2, 0) is 13.6 Å². The lowest BCUT2D eigenvalue weighted by atomic mass is 10.1. The maximum Gasteiger partial charge on any atom is 0.127 e. The van der Waals surface area contributed by atoms with Gasteiger partial charge in [-0.15, -0.1) is 11.3 Å². The Morgan fingerprint density at radius 3 is 3.22 bits per heavy atom. The summed E-state index contributed by atoms with van der Waals surface area (Å²) in [4.78, 5) is 12.4. The highest BCUT2D eigenvalue weighted by Gasteiger charge is 2.26. The summed E-state index contributed by atoms with van der Waals surface area (Å²) in [5.74, 6) is 1.13. The standard InChI is InChI=1S/C12H17N5S/c1-16-4-3-15-12(16)11-7-13-2-5-17(11)8-10-6-14-9-18-10/h3-4,6,9,11,13H,2,5,7-8H2,1H3. The Morgan fingerprint density at radius 1 is 1.56 bits per heavy atom. The number of imidazole rings is 1. The quantitative estimate of drug-likeness (QED) is 0.898. The van der Waals surface area contributed by atoms with Crippen molar-refractivity contribution in [3.05, 3.63) is 34.8 Å². The summed E-state index contributed by atoms with van der Waals surface area (Å²) in [6, 6.07) is 0.348. The Bertz CT molecular complexity index is 492. The van der Waals surface area contributed by atoms with E-state index in [4.69, 9.17) is 0 Å². The lowest BCUT2D eigenvalue weighted by molar-refractivity contribution is 0.146. The molecule has 1 unspecified atom stereocenters. The van der Waals surface area contributed by atoms with Gasteiger partial charge in [0, 0.05) is 56.7 Å². The van der Waals surface area contributed by atoms with E-state index < -0.39 is 0 Å². The number of nitrogens with zero attached hydrogens (tertiary/aromatic N) is 4. The molecule has 1 aliphatic rings. The summed E-state index contributed by atoms with van der Waals surface area (Å²) in [6.45, 7) is 4.02. The van der Waals surface area contributed by atoms with Gasteiger partial charge in [0.05, 0.1) is 11.6 Å². The lowest BCUT2D eigenvalue weighted by Gasteiger charge is -2.35. The molecule has 1 N–H and O–H groups in total. The number of nitrogens with one attached hydrogen (secondary N) is 1. The number of hydrogen-bond acceptors (Lipinski definition) is 5. The number of thiazole rings is 1. The third-order valence-electron chi connectivity index (χ3n) is 3.35. The van der Waals surface area contributed by atoms with Crippen LogP contribution in [0.4, 0.5) is 0 Å². The Kier molecular flexibility index (Phi) is 3.40. The first-order valence-corrected chi connectivity index (χ1v) is 7.02. The molecule has 0 spiro atoms. The van der Waals surface area contributed by atoms with Gasteiger partial charge in [-0.25, -0.2) is 4.98 Å². The molecular formula is C12H17N5S. The first-order valence-electron chi connectivity index (χ1n) is 6.14. The van der Waals surface area contributed by atoms with E-state index in [-0.39, 0.29) is 0 Å². The van der Waals surface area contributed by atoms with E-state index in [1.54, 1.807) is 11.3 Å². The molecule has 96 valence electrons. The van der Waals surface area contributed by atoms with Gasteiger partial charge in [0.25, 0.3) is 0 Å². The SMILES string of the molecule is Cn1ccnc1C1CNCCN1Cc1cncs1. The molecule has 3 heterocycles. The van der Waals surface area contributed by atoms with Gasteiger partial charge in [0.2, 0.25) is 0 Å². The van der Waals surface area contributed by atoms with Crippen LogP contribution in [0, 0.1) is 0 Å². The van der Waals surface area contributed by atoms with Crippen LogP contribution in [0.1, 0.15) is 16.7 Å². The largest absolute Gasteiger partial charge is 0.337 e. The van der Waals surface area contributed by atoms with Gasteiger partial charge >= 0.3 is 0 Å². The van der Waals surface area contributed by atoms with Crippen molar-refractivity contribution in [3.8, 4) is 0 Å². The number of hydrogen-bond donors (Lipinski definition) is 1. The zero-order valence-electron chi connectivity index (χ0n) is 10.4. The van der Waals surface area contributed by atoms with Gasteiger partial charge in [-0.1, -0.05) is 0 Å². The van der Waals surface area contributed by atoms with Crippen LogP contribution in [0.2, 0.25) is 0 Å². The molecule has 6 heteroatoms. The van der Waals surface area contributed by atoms with Crippen molar-refractivity contribution in [1.82, 2.24) is 24.8 Å². The van der Waals surface area contributed by atoms with E-state index in [1.807, 2.05) is 24.1 Å². The highest BCUT2D eigenvalue weighted by atomic mass is 32.1. The Balaban J connectivity index is 1.80. The fourth-order valence-corrected chi connectivity index (χ4v) is 3.03. The summed E-state index contributed by atoms with van der Waals surface area (Å²) in [6.07, 6.45) is 5.84. The second-order valence-electron chi connectivity index (χ2n) is 4.55. The summed E-state index contributed by atoms with van der Waals surface area (Å²) >= 11 is 1.72. The van der Waals surface area contributed by atoms with Crippen molar-refractivity contribution >= 4 is 11.3 Å². The predicted octanol–water partition coefficient (Wildman–Crippen LogP) is 1.02. The number of piperazine rings is 1. The van der Waals surface area contributed by atoms with Gasteiger partial charge < -0.3 is 9.88 Å². The van der Waals surface area contributed by atoms with Crippen molar-refractivity contribution < 1.29 is 0 Å². The van der Waals surface area contributed by atoms with E-state index in [2.05, 4.69) is 31.8 Å². The van der Waals surface area contributed by atoms with E-state index in [0.29, 0.717) is 6.04 Å². The molecule has 0 aliphatic carbocycles. The fourth-order valence-electron chi connectivity index (χ4n) is 2.41. The third kappa shape index (κ3) is 2.31. The second-order valence-corrected chi connectivity index (χ2v) is 5.53. The molecule has 2 aromatic rings. The van der Waals surface area contributed by atoms with Gasteiger partial charge in [-0.2, -0.15) is 0 Å². The average Bonchev–Trinajstić information content (AvgIpc) is 3.02. The summed E-state index contributed by atoms with van der Waals surface area (Å²) in [5.41, 5.74) is 1.90. The third-order valence-corrected chi connectivity index (χ3v) is 4.12. The molecule has 18 heavy (non-hydrogen) atoms. The van der Waals surface area contributed by atoms with Crippen LogP contribution < -0.4 is 5.32 Å². The van der Waals surface area contributed by atoms with Crippen LogP contribution in [0.3, 0.4) is 0 Å². The summed E-state index contributed by atoms with van der Waals surface area (Å²) < 4.78 is 2.11. The topological polar surface area (TPSA) is 46.0 Å². The van der Waals surface area contributed by atoms with Crippen molar-refractivity contribution in [1.29, 1.82) is 0 Å². The lowest BCUT2D eigenvalue weighted by Crippen LogP contribution is -2.46. The van der Waals surface area contributed by atoms with Gasteiger partial charge in [0.1, 0.15) is 5.82 Å². The normalized spacial score (nSPS) is 21.3. The molecule has 5 nitrogen and oxygen atoms in total. The summed E-state index contributed by atoms with van der Waals surface area (Å²) in [7, 11) is 2.06. The van der Waals surface area contributed by atoms with Crippen molar-refractivity contribution in [3.63, 3.8) is 0 Å². The molecule has 0 radical (unpaired) electrons. The molecule has 1 saturated heterocycles. The molecular weight excluding hydrogens is 246 g/mol. The maximum absolute atomic E-state index is 4.49. The minimum absolute atomic E-state index is 0.348. The Morgan fingerprint density at radius 2 is 2.50 bits per heavy atom.